The van der Waals surface area contributed by atoms with Gasteiger partial charge in [-0.3, -0.25) is 4.79 Å². The van der Waals surface area contributed by atoms with Crippen LogP contribution >= 0.6 is 0 Å². The summed E-state index contributed by atoms with van der Waals surface area (Å²) in [4.78, 5) is 13.0. The van der Waals surface area contributed by atoms with Gasteiger partial charge in [0, 0.05) is 6.42 Å². The van der Waals surface area contributed by atoms with Crippen molar-refractivity contribution < 1.29 is 39.8 Å². The summed E-state index contributed by atoms with van der Waals surface area (Å²) < 4.78 is 11.3. The molecular weight excluding hydrogens is 743 g/mol. The van der Waals surface area contributed by atoms with E-state index in [-0.39, 0.29) is 12.5 Å². The quantitative estimate of drug-likeness (QED) is 0.0332. The van der Waals surface area contributed by atoms with Crippen LogP contribution in [0.2, 0.25) is 0 Å². The van der Waals surface area contributed by atoms with Crippen molar-refractivity contribution in [2.75, 3.05) is 13.2 Å². The lowest BCUT2D eigenvalue weighted by Gasteiger charge is -2.40. The average molecular weight is 842 g/mol. The minimum atomic E-state index is -1.55. The fraction of sp³-hybridized carbons (Fsp3) is 0.980. The van der Waals surface area contributed by atoms with Crippen LogP contribution in [0.1, 0.15) is 258 Å². The van der Waals surface area contributed by atoms with Crippen molar-refractivity contribution in [3.05, 3.63) is 0 Å². The number of unbranched alkanes of at least 4 members (excludes halogenated alkanes) is 34. The lowest BCUT2D eigenvalue weighted by atomic mass is 9.99. The first-order valence-electron chi connectivity index (χ1n) is 25.7. The standard InChI is InChI=1S/C50H99NO8/c1-3-5-7-9-11-13-15-17-18-19-20-21-22-23-24-25-26-28-30-32-34-36-38-40-46(54)51-43(42-58-50-49(57)48(56)47(55)45(41-52)59-50)44(53)39-37-35-33-31-29-27-16-14-12-10-8-6-4-2/h43-45,47-50,52-53,55-57H,3-42H2,1-2H3,(H,51,54)/t43-,44+,45+,47+,48?,49?,50+/m0/s1. The Morgan fingerprint density at radius 3 is 1.20 bits per heavy atom. The molecule has 0 bridgehead atoms. The molecule has 352 valence electrons. The zero-order valence-electron chi connectivity index (χ0n) is 38.8. The van der Waals surface area contributed by atoms with E-state index in [0.29, 0.717) is 12.8 Å². The number of carbonyl (C=O) groups is 1. The molecule has 0 aromatic rings. The fourth-order valence-corrected chi connectivity index (χ4v) is 8.58. The minimum absolute atomic E-state index is 0.132. The first-order valence-corrected chi connectivity index (χ1v) is 25.7. The van der Waals surface area contributed by atoms with Crippen LogP contribution in [0, 0.1) is 0 Å². The average Bonchev–Trinajstić information content (AvgIpc) is 3.23. The van der Waals surface area contributed by atoms with Crippen LogP contribution in [0.15, 0.2) is 0 Å². The zero-order chi connectivity index (χ0) is 43.0. The van der Waals surface area contributed by atoms with Crippen LogP contribution in [0.4, 0.5) is 0 Å². The van der Waals surface area contributed by atoms with Gasteiger partial charge in [-0.25, -0.2) is 0 Å². The molecule has 1 rings (SSSR count). The monoisotopic (exact) mass is 842 g/mol. The van der Waals surface area contributed by atoms with Gasteiger partial charge in [0.2, 0.25) is 5.91 Å². The molecule has 59 heavy (non-hydrogen) atoms. The van der Waals surface area contributed by atoms with Crippen LogP contribution in [-0.2, 0) is 14.3 Å². The topological polar surface area (TPSA) is 149 Å². The maximum Gasteiger partial charge on any atom is 0.220 e. The molecule has 1 aliphatic rings. The van der Waals surface area contributed by atoms with Gasteiger partial charge in [0.25, 0.3) is 0 Å². The summed E-state index contributed by atoms with van der Waals surface area (Å²) in [5, 5.41) is 54.4. The third-order valence-electron chi connectivity index (χ3n) is 12.7. The maximum absolute atomic E-state index is 13.0. The Hall–Kier alpha value is -0.810. The number of nitrogens with one attached hydrogen (secondary N) is 1. The van der Waals surface area contributed by atoms with E-state index in [4.69, 9.17) is 9.47 Å². The number of carbonyl (C=O) groups excluding carboxylic acids is 1. The van der Waals surface area contributed by atoms with Crippen molar-refractivity contribution in [1.29, 1.82) is 0 Å². The Balaban J connectivity index is 2.21. The van der Waals surface area contributed by atoms with E-state index in [1.54, 1.807) is 0 Å². The van der Waals surface area contributed by atoms with E-state index in [1.165, 1.54) is 193 Å². The van der Waals surface area contributed by atoms with Gasteiger partial charge in [0.05, 0.1) is 25.4 Å². The lowest BCUT2D eigenvalue weighted by molar-refractivity contribution is -0.302. The maximum atomic E-state index is 13.0. The van der Waals surface area contributed by atoms with Crippen LogP contribution in [-0.4, -0.2) is 87.5 Å². The largest absolute Gasteiger partial charge is 0.394 e. The summed E-state index contributed by atoms with van der Waals surface area (Å²) in [5.74, 6) is -0.139. The van der Waals surface area contributed by atoms with E-state index in [0.717, 1.165) is 38.5 Å². The van der Waals surface area contributed by atoms with Gasteiger partial charge in [-0.2, -0.15) is 0 Å². The van der Waals surface area contributed by atoms with Crippen LogP contribution in [0.3, 0.4) is 0 Å². The van der Waals surface area contributed by atoms with Crippen molar-refractivity contribution >= 4 is 5.91 Å². The molecule has 7 atom stereocenters. The van der Waals surface area contributed by atoms with E-state index in [9.17, 15) is 30.3 Å². The van der Waals surface area contributed by atoms with Crippen LogP contribution in [0.25, 0.3) is 0 Å². The highest BCUT2D eigenvalue weighted by molar-refractivity contribution is 5.76. The van der Waals surface area contributed by atoms with Crippen molar-refractivity contribution in [3.8, 4) is 0 Å². The summed E-state index contributed by atoms with van der Waals surface area (Å²) >= 11 is 0. The summed E-state index contributed by atoms with van der Waals surface area (Å²) in [7, 11) is 0. The Morgan fingerprint density at radius 1 is 0.508 bits per heavy atom. The van der Waals surface area contributed by atoms with E-state index < -0.39 is 49.5 Å². The van der Waals surface area contributed by atoms with Gasteiger partial charge in [-0.05, 0) is 12.8 Å². The molecule has 0 aromatic carbocycles. The Morgan fingerprint density at radius 2 is 0.847 bits per heavy atom. The molecule has 6 N–H and O–H groups in total. The second kappa shape index (κ2) is 41.2. The molecule has 1 amide bonds. The van der Waals surface area contributed by atoms with Crippen molar-refractivity contribution in [2.45, 2.75) is 301 Å². The van der Waals surface area contributed by atoms with Gasteiger partial charge in [-0.1, -0.05) is 239 Å². The molecule has 0 radical (unpaired) electrons. The molecule has 1 saturated heterocycles. The first kappa shape index (κ1) is 56.2. The number of aliphatic hydroxyl groups excluding tert-OH is 5. The number of hydrogen-bond donors (Lipinski definition) is 6. The number of amides is 1. The predicted molar refractivity (Wildman–Crippen MR) is 244 cm³/mol. The molecule has 0 saturated carbocycles. The first-order chi connectivity index (χ1) is 28.8. The van der Waals surface area contributed by atoms with E-state index >= 15 is 0 Å². The van der Waals surface area contributed by atoms with Gasteiger partial charge in [-0.15, -0.1) is 0 Å². The number of rotatable bonds is 44. The molecule has 0 spiro atoms. The predicted octanol–water partition coefficient (Wildman–Crippen LogP) is 11.5. The summed E-state index contributed by atoms with van der Waals surface area (Å²) in [5.41, 5.74) is 0. The number of ether oxygens (including phenoxy) is 2. The molecular formula is C50H99NO8. The molecule has 9 nitrogen and oxygen atoms in total. The molecule has 9 heteroatoms. The van der Waals surface area contributed by atoms with E-state index in [1.807, 2.05) is 0 Å². The molecule has 1 heterocycles. The van der Waals surface area contributed by atoms with Gasteiger partial charge >= 0.3 is 0 Å². The van der Waals surface area contributed by atoms with Gasteiger partial charge in [0.15, 0.2) is 6.29 Å². The summed E-state index contributed by atoms with van der Waals surface area (Å²) in [6.07, 6.45) is 39.8. The Kier molecular flexibility index (Phi) is 39.3. The smallest absolute Gasteiger partial charge is 0.220 e. The third-order valence-corrected chi connectivity index (χ3v) is 12.7. The van der Waals surface area contributed by atoms with Crippen molar-refractivity contribution in [3.63, 3.8) is 0 Å². The SMILES string of the molecule is CCCCCCCCCCCCCCCCCCCCCCCCCC(=O)N[C@@H](CO[C@@H]1O[C@H](CO)[C@@H](O)C(O)C1O)[C@H](O)CCCCCCCCCCCCCCC. The highest BCUT2D eigenvalue weighted by Gasteiger charge is 2.44. The molecule has 0 aliphatic carbocycles. The molecule has 0 aromatic heterocycles. The summed E-state index contributed by atoms with van der Waals surface area (Å²) in [6, 6.07) is -0.711. The molecule has 2 unspecified atom stereocenters. The highest BCUT2D eigenvalue weighted by Crippen LogP contribution is 2.23. The van der Waals surface area contributed by atoms with Crippen molar-refractivity contribution in [2.24, 2.45) is 0 Å². The molecule has 1 fully saturated rings. The zero-order valence-corrected chi connectivity index (χ0v) is 38.8. The second-order valence-corrected chi connectivity index (χ2v) is 18.3. The van der Waals surface area contributed by atoms with Crippen molar-refractivity contribution in [1.82, 2.24) is 5.32 Å². The minimum Gasteiger partial charge on any atom is -0.394 e. The Bertz CT molecular complexity index is 893. The number of hydrogen-bond acceptors (Lipinski definition) is 8. The van der Waals surface area contributed by atoms with Crippen LogP contribution in [0.5, 0.6) is 0 Å². The van der Waals surface area contributed by atoms with E-state index in [2.05, 4.69) is 19.2 Å². The lowest BCUT2D eigenvalue weighted by Crippen LogP contribution is -2.60. The highest BCUT2D eigenvalue weighted by atomic mass is 16.7. The second-order valence-electron chi connectivity index (χ2n) is 18.3. The van der Waals surface area contributed by atoms with Gasteiger partial charge < -0.3 is 40.3 Å². The Labute approximate surface area is 364 Å². The fourth-order valence-electron chi connectivity index (χ4n) is 8.58. The number of aliphatic hydroxyl groups is 5. The normalized spacial score (nSPS) is 20.6. The van der Waals surface area contributed by atoms with Gasteiger partial charge in [0.1, 0.15) is 24.4 Å². The summed E-state index contributed by atoms with van der Waals surface area (Å²) in [6.45, 7) is 3.86. The van der Waals surface area contributed by atoms with Crippen LogP contribution < -0.4 is 5.32 Å². The third kappa shape index (κ3) is 31.6. The molecule has 1 aliphatic heterocycles.